The van der Waals surface area contributed by atoms with Crippen LogP contribution in [0.4, 0.5) is 0 Å². The van der Waals surface area contributed by atoms with Gasteiger partial charge in [-0.2, -0.15) is 0 Å². The fourth-order valence-electron chi connectivity index (χ4n) is 1.71. The van der Waals surface area contributed by atoms with Crippen LogP contribution in [0.2, 0.25) is 0 Å². The molecule has 12 heavy (non-hydrogen) atoms. The molecular weight excluding hydrogens is 150 g/mol. The van der Waals surface area contributed by atoms with E-state index in [4.69, 9.17) is 0 Å². The van der Waals surface area contributed by atoms with Crippen molar-refractivity contribution >= 4 is 5.91 Å². The third kappa shape index (κ3) is 1.87. The maximum atomic E-state index is 11.2. The number of nitrogens with one attached hydrogen (secondary N) is 1. The van der Waals surface area contributed by atoms with Crippen molar-refractivity contribution < 1.29 is 4.79 Å². The Balaban J connectivity index is 2.81. The number of allylic oxidation sites excluding steroid dienone is 2. The molecule has 0 fully saturated rings. The minimum Gasteiger partial charge on any atom is -0.330 e. The summed E-state index contributed by atoms with van der Waals surface area (Å²) in [7, 11) is 0. The number of carbonyl (C=O) groups excluding carboxylic acids is 1. The van der Waals surface area contributed by atoms with Gasteiger partial charge in [0.25, 0.3) is 0 Å². The Morgan fingerprint density at radius 1 is 1.50 bits per heavy atom. The van der Waals surface area contributed by atoms with Crippen LogP contribution in [0.1, 0.15) is 40.0 Å². The molecule has 68 valence electrons. The lowest BCUT2D eigenvalue weighted by Crippen LogP contribution is -2.19. The number of hydrogen-bond donors (Lipinski definition) is 1. The van der Waals surface area contributed by atoms with Crippen LogP contribution in [0.5, 0.6) is 0 Å². The van der Waals surface area contributed by atoms with E-state index < -0.39 is 0 Å². The van der Waals surface area contributed by atoms with Gasteiger partial charge in [-0.25, -0.2) is 0 Å². The molecule has 0 radical (unpaired) electrons. The number of amides is 1. The highest BCUT2D eigenvalue weighted by atomic mass is 16.1. The van der Waals surface area contributed by atoms with Crippen LogP contribution in [0.3, 0.4) is 0 Å². The lowest BCUT2D eigenvalue weighted by Gasteiger charge is -2.13. The molecule has 2 heteroatoms. The summed E-state index contributed by atoms with van der Waals surface area (Å²) in [6.07, 6.45) is 2.82. The molecule has 1 atom stereocenters. The first-order valence-electron chi connectivity index (χ1n) is 4.62. The molecule has 0 aromatic heterocycles. The normalized spacial score (nSPS) is 25.2. The van der Waals surface area contributed by atoms with Gasteiger partial charge in [0, 0.05) is 12.1 Å². The predicted molar refractivity (Wildman–Crippen MR) is 49.5 cm³/mol. The van der Waals surface area contributed by atoms with Crippen molar-refractivity contribution in [3.8, 4) is 0 Å². The largest absolute Gasteiger partial charge is 0.330 e. The minimum absolute atomic E-state index is 0.169. The van der Waals surface area contributed by atoms with Crippen molar-refractivity contribution in [1.82, 2.24) is 5.32 Å². The lowest BCUT2D eigenvalue weighted by atomic mass is 9.93. The molecule has 0 saturated heterocycles. The Morgan fingerprint density at radius 3 is 2.75 bits per heavy atom. The van der Waals surface area contributed by atoms with Gasteiger partial charge in [0.1, 0.15) is 0 Å². The fraction of sp³-hybridized carbons (Fsp3) is 0.700. The van der Waals surface area contributed by atoms with Crippen molar-refractivity contribution in [2.45, 2.75) is 40.0 Å². The van der Waals surface area contributed by atoms with E-state index in [9.17, 15) is 4.79 Å². The molecule has 1 heterocycles. The first kappa shape index (κ1) is 9.30. The van der Waals surface area contributed by atoms with E-state index in [0.717, 1.165) is 18.5 Å². The SMILES string of the molecule is CCC1CCC(=O)NC(C)=C1C. The van der Waals surface area contributed by atoms with Gasteiger partial charge in [-0.3, -0.25) is 4.79 Å². The molecule has 1 aliphatic heterocycles. The first-order chi connectivity index (χ1) is 5.65. The second kappa shape index (κ2) is 3.74. The number of hydrogen-bond acceptors (Lipinski definition) is 1. The summed E-state index contributed by atoms with van der Waals surface area (Å²) >= 11 is 0. The van der Waals surface area contributed by atoms with Crippen molar-refractivity contribution in [2.75, 3.05) is 0 Å². The zero-order chi connectivity index (χ0) is 9.14. The van der Waals surface area contributed by atoms with Crippen LogP contribution in [0, 0.1) is 5.92 Å². The fourth-order valence-corrected chi connectivity index (χ4v) is 1.71. The molecule has 1 rings (SSSR count). The molecular formula is C10H17NO. The Labute approximate surface area is 74.0 Å². The first-order valence-corrected chi connectivity index (χ1v) is 4.62. The molecule has 0 saturated carbocycles. The quantitative estimate of drug-likeness (QED) is 0.637. The van der Waals surface area contributed by atoms with Gasteiger partial charge in [-0.05, 0) is 32.6 Å². The summed E-state index contributed by atoms with van der Waals surface area (Å²) in [6.45, 7) is 6.29. The van der Waals surface area contributed by atoms with Crippen molar-refractivity contribution in [2.24, 2.45) is 5.92 Å². The van der Waals surface area contributed by atoms with E-state index >= 15 is 0 Å². The average molecular weight is 167 g/mol. The summed E-state index contributed by atoms with van der Waals surface area (Å²) in [6, 6.07) is 0. The Hall–Kier alpha value is -0.790. The van der Waals surface area contributed by atoms with Crippen molar-refractivity contribution in [3.63, 3.8) is 0 Å². The molecule has 0 spiro atoms. The number of rotatable bonds is 1. The van der Waals surface area contributed by atoms with Gasteiger partial charge in [0.05, 0.1) is 0 Å². The van der Waals surface area contributed by atoms with E-state index in [1.807, 2.05) is 6.92 Å². The molecule has 1 unspecified atom stereocenters. The average Bonchev–Trinajstić information content (AvgIpc) is 2.14. The second-order valence-corrected chi connectivity index (χ2v) is 3.50. The van der Waals surface area contributed by atoms with Crippen LogP contribution in [0.25, 0.3) is 0 Å². The molecule has 0 aromatic carbocycles. The Morgan fingerprint density at radius 2 is 2.17 bits per heavy atom. The summed E-state index contributed by atoms with van der Waals surface area (Å²) in [4.78, 5) is 11.2. The monoisotopic (exact) mass is 167 g/mol. The summed E-state index contributed by atoms with van der Waals surface area (Å²) in [5.74, 6) is 0.770. The van der Waals surface area contributed by atoms with Gasteiger partial charge in [0.15, 0.2) is 0 Å². The summed E-state index contributed by atoms with van der Waals surface area (Å²) in [5, 5.41) is 2.90. The van der Waals surface area contributed by atoms with Crippen LogP contribution in [-0.4, -0.2) is 5.91 Å². The highest BCUT2D eigenvalue weighted by Gasteiger charge is 2.17. The van der Waals surface area contributed by atoms with E-state index in [-0.39, 0.29) is 5.91 Å². The van der Waals surface area contributed by atoms with Crippen LogP contribution >= 0.6 is 0 Å². The highest BCUT2D eigenvalue weighted by molar-refractivity contribution is 5.78. The van der Waals surface area contributed by atoms with E-state index in [1.165, 1.54) is 5.57 Å². The molecule has 1 amide bonds. The zero-order valence-corrected chi connectivity index (χ0v) is 8.11. The van der Waals surface area contributed by atoms with Gasteiger partial charge in [0.2, 0.25) is 5.91 Å². The highest BCUT2D eigenvalue weighted by Crippen LogP contribution is 2.24. The standard InChI is InChI=1S/C10H17NO/c1-4-9-5-6-10(12)11-8(3)7(9)2/h9H,4-6H2,1-3H3,(H,11,12). The van der Waals surface area contributed by atoms with E-state index in [0.29, 0.717) is 12.3 Å². The lowest BCUT2D eigenvalue weighted by molar-refractivity contribution is -0.120. The molecule has 0 aromatic rings. The second-order valence-electron chi connectivity index (χ2n) is 3.50. The molecule has 1 N–H and O–H groups in total. The Kier molecular flexibility index (Phi) is 2.90. The van der Waals surface area contributed by atoms with Crippen molar-refractivity contribution in [3.05, 3.63) is 11.3 Å². The maximum absolute atomic E-state index is 11.2. The molecule has 1 aliphatic rings. The van der Waals surface area contributed by atoms with Gasteiger partial charge >= 0.3 is 0 Å². The zero-order valence-electron chi connectivity index (χ0n) is 8.11. The van der Waals surface area contributed by atoms with Crippen LogP contribution in [0.15, 0.2) is 11.3 Å². The summed E-state index contributed by atoms with van der Waals surface area (Å²) in [5.41, 5.74) is 2.41. The van der Waals surface area contributed by atoms with Gasteiger partial charge < -0.3 is 5.32 Å². The predicted octanol–water partition coefficient (Wildman–Crippen LogP) is 2.22. The van der Waals surface area contributed by atoms with Gasteiger partial charge in [-0.15, -0.1) is 0 Å². The molecule has 2 nitrogen and oxygen atoms in total. The van der Waals surface area contributed by atoms with Crippen LogP contribution in [-0.2, 0) is 4.79 Å². The van der Waals surface area contributed by atoms with E-state index in [2.05, 4.69) is 19.2 Å². The van der Waals surface area contributed by atoms with E-state index in [1.54, 1.807) is 0 Å². The topological polar surface area (TPSA) is 29.1 Å². The summed E-state index contributed by atoms with van der Waals surface area (Å²) < 4.78 is 0. The smallest absolute Gasteiger partial charge is 0.224 e. The number of carbonyl (C=O) groups is 1. The van der Waals surface area contributed by atoms with Gasteiger partial charge in [-0.1, -0.05) is 12.5 Å². The third-order valence-electron chi connectivity index (χ3n) is 2.74. The van der Waals surface area contributed by atoms with Crippen LogP contribution < -0.4 is 5.32 Å². The third-order valence-corrected chi connectivity index (χ3v) is 2.74. The molecule has 0 aliphatic carbocycles. The maximum Gasteiger partial charge on any atom is 0.224 e. The Bertz CT molecular complexity index is 218. The minimum atomic E-state index is 0.169. The molecule has 0 bridgehead atoms. The van der Waals surface area contributed by atoms with Crippen molar-refractivity contribution in [1.29, 1.82) is 0 Å².